The molecule has 0 aliphatic heterocycles. The van der Waals surface area contributed by atoms with Crippen molar-refractivity contribution in [3.63, 3.8) is 0 Å². The number of nitrogens with zero attached hydrogens (tertiary/aromatic N) is 5. The zero-order valence-corrected chi connectivity index (χ0v) is 18.6. The highest BCUT2D eigenvalue weighted by Crippen LogP contribution is 2.21. The number of guanidine groups is 1. The fourth-order valence-corrected chi connectivity index (χ4v) is 3.46. The summed E-state index contributed by atoms with van der Waals surface area (Å²) >= 11 is 6.91. The molecule has 0 N–H and O–H groups in total. The number of carbonyl (C=O) groups excluding carboxylic acids is 2. The molecule has 33 heavy (non-hydrogen) atoms. The molecular weight excluding hydrogens is 474 g/mol. The molecule has 0 atom stereocenters. The van der Waals surface area contributed by atoms with Gasteiger partial charge in [-0.1, -0.05) is 48.0 Å². The van der Waals surface area contributed by atoms with Crippen molar-refractivity contribution < 1.29 is 24.1 Å². The van der Waals surface area contributed by atoms with Gasteiger partial charge in [-0.25, -0.2) is 34.5 Å². The Hall–Kier alpha value is -4.03. The molecule has 11 nitrogen and oxygen atoms in total. The summed E-state index contributed by atoms with van der Waals surface area (Å²) in [5.74, 6) is -0.251. The van der Waals surface area contributed by atoms with Crippen LogP contribution in [0.5, 0.6) is 11.5 Å². The lowest BCUT2D eigenvalue weighted by Crippen LogP contribution is -2.49. The molecule has 0 fully saturated rings. The second kappa shape index (κ2) is 11.0. The third kappa shape index (κ3) is 6.72. The van der Waals surface area contributed by atoms with Crippen LogP contribution in [0.1, 0.15) is 4.88 Å². The molecule has 0 aliphatic carbocycles. The summed E-state index contributed by atoms with van der Waals surface area (Å²) in [7, 11) is 1.18. The van der Waals surface area contributed by atoms with Crippen LogP contribution in [-0.2, 0) is 6.54 Å². The molecule has 2 aromatic carbocycles. The normalized spacial score (nSPS) is 10.9. The maximum absolute atomic E-state index is 13.0. The number of halogens is 1. The highest BCUT2D eigenvalue weighted by molar-refractivity contribution is 7.15. The first-order valence-electron chi connectivity index (χ1n) is 9.21. The van der Waals surface area contributed by atoms with Crippen molar-refractivity contribution >= 4 is 41.1 Å². The second-order valence-corrected chi connectivity index (χ2v) is 7.92. The molecule has 0 saturated heterocycles. The number of carbonyl (C=O) groups is 2. The Morgan fingerprint density at radius 3 is 2.09 bits per heavy atom. The van der Waals surface area contributed by atoms with E-state index in [1.165, 1.54) is 37.5 Å². The van der Waals surface area contributed by atoms with E-state index in [-0.39, 0.29) is 22.5 Å². The fourth-order valence-electron chi connectivity index (χ4n) is 2.49. The standard InChI is InChI=1S/C20H16ClN5O6S/c1-24(19(27)31-14-8-4-2-5-9-14)18(23-26(29)30)25(13-16-12-22-17(21)33-16)20(28)32-15-10-6-3-7-11-15/h2-12H,13H2,1H3. The number of aromatic nitrogens is 1. The van der Waals surface area contributed by atoms with Gasteiger partial charge < -0.3 is 9.47 Å². The molecule has 0 unspecified atom stereocenters. The molecule has 0 saturated carbocycles. The van der Waals surface area contributed by atoms with Crippen LogP contribution in [0.25, 0.3) is 0 Å². The largest absolute Gasteiger partial charge is 0.422 e. The number of hydrazone groups is 1. The van der Waals surface area contributed by atoms with Gasteiger partial charge in [0.15, 0.2) is 9.50 Å². The highest BCUT2D eigenvalue weighted by Gasteiger charge is 2.32. The lowest BCUT2D eigenvalue weighted by molar-refractivity contribution is -0.486. The Labute approximate surface area is 196 Å². The van der Waals surface area contributed by atoms with Crippen LogP contribution >= 0.6 is 22.9 Å². The molecule has 0 bridgehead atoms. The number of amides is 2. The number of thiazole rings is 1. The summed E-state index contributed by atoms with van der Waals surface area (Å²) in [4.78, 5) is 42.8. The van der Waals surface area contributed by atoms with E-state index in [1.807, 2.05) is 0 Å². The van der Waals surface area contributed by atoms with Crippen LogP contribution in [0.3, 0.4) is 0 Å². The molecule has 0 aliphatic rings. The predicted molar refractivity (Wildman–Crippen MR) is 120 cm³/mol. The SMILES string of the molecule is CN(C(=O)Oc1ccccc1)C(=N[N+](=O)[O-])N(Cc1cnc(Cl)s1)C(=O)Oc1ccccc1. The minimum atomic E-state index is -1.04. The third-order valence-corrected chi connectivity index (χ3v) is 5.04. The number of benzene rings is 2. The Bertz CT molecular complexity index is 1160. The monoisotopic (exact) mass is 489 g/mol. The van der Waals surface area contributed by atoms with Gasteiger partial charge in [-0.3, -0.25) is 0 Å². The van der Waals surface area contributed by atoms with Crippen LogP contribution in [-0.4, -0.2) is 45.0 Å². The van der Waals surface area contributed by atoms with Crippen LogP contribution in [0, 0.1) is 10.1 Å². The van der Waals surface area contributed by atoms with E-state index in [0.29, 0.717) is 4.88 Å². The van der Waals surface area contributed by atoms with E-state index in [1.54, 1.807) is 36.4 Å². The van der Waals surface area contributed by atoms with E-state index < -0.39 is 23.2 Å². The predicted octanol–water partition coefficient (Wildman–Crippen LogP) is 4.48. The molecule has 1 aromatic heterocycles. The minimum absolute atomic E-state index is 0.185. The zero-order chi connectivity index (χ0) is 23.8. The van der Waals surface area contributed by atoms with Gasteiger partial charge in [-0.2, -0.15) is 0 Å². The zero-order valence-electron chi connectivity index (χ0n) is 17.0. The van der Waals surface area contributed by atoms with Crippen molar-refractivity contribution in [1.29, 1.82) is 0 Å². The van der Waals surface area contributed by atoms with E-state index in [4.69, 9.17) is 21.1 Å². The fraction of sp³-hybridized carbons (Fsp3) is 0.100. The van der Waals surface area contributed by atoms with Crippen molar-refractivity contribution in [2.24, 2.45) is 5.10 Å². The summed E-state index contributed by atoms with van der Waals surface area (Å²) in [6, 6.07) is 16.1. The number of hydrogen-bond acceptors (Lipinski definition) is 8. The summed E-state index contributed by atoms with van der Waals surface area (Å²) < 4.78 is 10.7. The second-order valence-electron chi connectivity index (χ2n) is 6.22. The van der Waals surface area contributed by atoms with Crippen molar-refractivity contribution in [1.82, 2.24) is 14.8 Å². The van der Waals surface area contributed by atoms with Gasteiger partial charge in [0.25, 0.3) is 5.96 Å². The average Bonchev–Trinajstić information content (AvgIpc) is 3.21. The Kier molecular flexibility index (Phi) is 7.89. The minimum Gasteiger partial charge on any atom is -0.410 e. The lowest BCUT2D eigenvalue weighted by Gasteiger charge is -2.25. The average molecular weight is 490 g/mol. The van der Waals surface area contributed by atoms with E-state index >= 15 is 0 Å². The molecule has 1 heterocycles. The van der Waals surface area contributed by atoms with Gasteiger partial charge in [0, 0.05) is 18.1 Å². The van der Waals surface area contributed by atoms with Crippen LogP contribution in [0.15, 0.2) is 72.0 Å². The van der Waals surface area contributed by atoms with Crippen molar-refractivity contribution in [3.05, 3.63) is 86.3 Å². The molecule has 2 amide bonds. The lowest BCUT2D eigenvalue weighted by atomic mass is 10.3. The van der Waals surface area contributed by atoms with Gasteiger partial charge in [0.05, 0.1) is 6.54 Å². The molecular formula is C20H16ClN5O6S. The summed E-state index contributed by atoms with van der Waals surface area (Å²) in [5.41, 5.74) is 0. The Balaban J connectivity index is 1.93. The molecule has 13 heteroatoms. The number of nitro groups is 1. The number of para-hydroxylation sites is 2. The van der Waals surface area contributed by atoms with Crippen LogP contribution in [0.2, 0.25) is 4.47 Å². The van der Waals surface area contributed by atoms with Crippen LogP contribution < -0.4 is 9.47 Å². The van der Waals surface area contributed by atoms with Gasteiger partial charge in [-0.15, -0.1) is 11.3 Å². The number of rotatable bonds is 5. The quantitative estimate of drug-likeness (QED) is 0.224. The Morgan fingerprint density at radius 2 is 1.61 bits per heavy atom. The van der Waals surface area contributed by atoms with E-state index in [9.17, 15) is 19.7 Å². The first kappa shape index (κ1) is 23.6. The molecule has 170 valence electrons. The summed E-state index contributed by atoms with van der Waals surface area (Å²) in [6.45, 7) is -0.258. The highest BCUT2D eigenvalue weighted by atomic mass is 35.5. The summed E-state index contributed by atoms with van der Waals surface area (Å²) in [6.07, 6.45) is -0.644. The number of ether oxygens (including phenoxy) is 2. The maximum atomic E-state index is 13.0. The van der Waals surface area contributed by atoms with Crippen molar-refractivity contribution in [3.8, 4) is 11.5 Å². The van der Waals surface area contributed by atoms with E-state index in [0.717, 1.165) is 21.1 Å². The van der Waals surface area contributed by atoms with Gasteiger partial charge in [0.2, 0.25) is 0 Å². The van der Waals surface area contributed by atoms with Crippen LogP contribution in [0.4, 0.5) is 9.59 Å². The van der Waals surface area contributed by atoms with Gasteiger partial charge in [-0.05, 0) is 24.3 Å². The maximum Gasteiger partial charge on any atom is 0.422 e. The Morgan fingerprint density at radius 1 is 1.06 bits per heavy atom. The van der Waals surface area contributed by atoms with Crippen molar-refractivity contribution in [2.75, 3.05) is 7.05 Å². The summed E-state index contributed by atoms with van der Waals surface area (Å²) in [5, 5.41) is 13.5. The number of hydrogen-bond donors (Lipinski definition) is 0. The van der Waals surface area contributed by atoms with Crippen molar-refractivity contribution in [2.45, 2.75) is 6.54 Å². The first-order valence-corrected chi connectivity index (χ1v) is 10.4. The molecule has 3 aromatic rings. The van der Waals surface area contributed by atoms with E-state index in [2.05, 4.69) is 10.1 Å². The topological polar surface area (TPSA) is 127 Å². The molecule has 0 spiro atoms. The molecule has 0 radical (unpaired) electrons. The third-order valence-electron chi connectivity index (χ3n) is 3.94. The van der Waals surface area contributed by atoms with Gasteiger partial charge >= 0.3 is 12.2 Å². The molecule has 3 rings (SSSR count). The smallest absolute Gasteiger partial charge is 0.410 e. The first-order chi connectivity index (χ1) is 15.8. The van der Waals surface area contributed by atoms with Gasteiger partial charge in [0.1, 0.15) is 16.6 Å².